The maximum atomic E-state index is 12.7. The van der Waals surface area contributed by atoms with Crippen molar-refractivity contribution in [3.63, 3.8) is 0 Å². The highest BCUT2D eigenvalue weighted by Crippen LogP contribution is 2.10. The van der Waals surface area contributed by atoms with Gasteiger partial charge in [-0.05, 0) is 24.1 Å². The van der Waals surface area contributed by atoms with Crippen LogP contribution in [0.2, 0.25) is 0 Å². The van der Waals surface area contributed by atoms with Crippen LogP contribution >= 0.6 is 0 Å². The fourth-order valence-corrected chi connectivity index (χ4v) is 2.66. The molecule has 0 saturated heterocycles. The van der Waals surface area contributed by atoms with E-state index in [1.807, 2.05) is 0 Å². The molecule has 10 heteroatoms. The molecular formula is C24H31N3O7. The molecule has 0 aliphatic carbocycles. The van der Waals surface area contributed by atoms with E-state index in [-0.39, 0.29) is 39.1 Å². The van der Waals surface area contributed by atoms with Crippen LogP contribution in [-0.2, 0) is 35.0 Å². The van der Waals surface area contributed by atoms with Gasteiger partial charge in [0.05, 0.1) is 0 Å². The number of carbonyl (C=O) groups is 4. The summed E-state index contributed by atoms with van der Waals surface area (Å²) >= 11 is 0. The number of ether oxygens (including phenoxy) is 3. The standard InChI is InChI=1S/C24H31N3O7/c1-4-13-32-21(28)12-11-19(22(29)33-14-5-2)26-24(31)27-20(23(30)34-15-6-3)16-17-7-9-18(25)10-8-17/h4-10,19-20H,1-3,11-16,25H2,(H2,26,27,31)/t19-,20-/m0/s1. The first-order valence-electron chi connectivity index (χ1n) is 10.5. The first-order valence-corrected chi connectivity index (χ1v) is 10.5. The van der Waals surface area contributed by atoms with E-state index in [1.54, 1.807) is 24.3 Å². The number of anilines is 1. The zero-order chi connectivity index (χ0) is 25.3. The second-order valence-corrected chi connectivity index (χ2v) is 7.02. The maximum Gasteiger partial charge on any atom is 0.329 e. The van der Waals surface area contributed by atoms with Crippen LogP contribution in [0.5, 0.6) is 0 Å². The molecule has 2 atom stereocenters. The van der Waals surface area contributed by atoms with Gasteiger partial charge in [0, 0.05) is 18.5 Å². The lowest BCUT2D eigenvalue weighted by Gasteiger charge is -2.21. The van der Waals surface area contributed by atoms with Crippen molar-refractivity contribution in [2.45, 2.75) is 31.3 Å². The summed E-state index contributed by atoms with van der Waals surface area (Å²) < 4.78 is 15.0. The second kappa shape index (κ2) is 15.7. The Balaban J connectivity index is 2.88. The molecule has 1 aromatic rings. The Morgan fingerprint density at radius 3 is 1.88 bits per heavy atom. The molecule has 184 valence electrons. The van der Waals surface area contributed by atoms with Crippen molar-refractivity contribution in [1.82, 2.24) is 10.6 Å². The van der Waals surface area contributed by atoms with Crippen molar-refractivity contribution in [3.05, 3.63) is 67.8 Å². The Hall–Kier alpha value is -4.08. The number of nitrogen functional groups attached to an aromatic ring is 1. The monoisotopic (exact) mass is 473 g/mol. The van der Waals surface area contributed by atoms with E-state index < -0.39 is 36.0 Å². The van der Waals surface area contributed by atoms with Crippen LogP contribution in [0.25, 0.3) is 0 Å². The van der Waals surface area contributed by atoms with Gasteiger partial charge in [-0.25, -0.2) is 14.4 Å². The molecule has 0 saturated carbocycles. The van der Waals surface area contributed by atoms with Gasteiger partial charge in [-0.1, -0.05) is 50.1 Å². The Morgan fingerprint density at radius 1 is 0.824 bits per heavy atom. The van der Waals surface area contributed by atoms with Crippen LogP contribution in [0.3, 0.4) is 0 Å². The van der Waals surface area contributed by atoms with Crippen molar-refractivity contribution in [2.75, 3.05) is 25.6 Å². The minimum absolute atomic E-state index is 0.0258. The van der Waals surface area contributed by atoms with Gasteiger partial charge in [-0.2, -0.15) is 0 Å². The molecule has 0 fully saturated rings. The molecule has 0 spiro atoms. The molecular weight excluding hydrogens is 442 g/mol. The zero-order valence-electron chi connectivity index (χ0n) is 19.0. The van der Waals surface area contributed by atoms with Crippen LogP contribution in [0.1, 0.15) is 18.4 Å². The van der Waals surface area contributed by atoms with Crippen LogP contribution in [0.15, 0.2) is 62.2 Å². The first-order chi connectivity index (χ1) is 16.3. The average molecular weight is 474 g/mol. The molecule has 0 bridgehead atoms. The van der Waals surface area contributed by atoms with Crippen molar-refractivity contribution in [2.24, 2.45) is 0 Å². The number of benzene rings is 1. The molecule has 1 aromatic carbocycles. The number of carbonyl (C=O) groups excluding carboxylic acids is 4. The normalized spacial score (nSPS) is 11.8. The highest BCUT2D eigenvalue weighted by molar-refractivity contribution is 5.87. The molecule has 0 aliphatic heterocycles. The summed E-state index contributed by atoms with van der Waals surface area (Å²) in [5.74, 6) is -2.03. The third kappa shape index (κ3) is 11.0. The number of nitrogens with one attached hydrogen (secondary N) is 2. The van der Waals surface area contributed by atoms with Crippen LogP contribution in [-0.4, -0.2) is 55.8 Å². The lowest BCUT2D eigenvalue weighted by molar-refractivity contribution is -0.146. The number of hydrogen-bond donors (Lipinski definition) is 3. The maximum absolute atomic E-state index is 12.7. The molecule has 34 heavy (non-hydrogen) atoms. The van der Waals surface area contributed by atoms with Gasteiger partial charge in [0.15, 0.2) is 0 Å². The summed E-state index contributed by atoms with van der Waals surface area (Å²) in [6, 6.07) is 3.71. The Morgan fingerprint density at radius 2 is 1.32 bits per heavy atom. The number of esters is 3. The number of amides is 2. The molecule has 4 N–H and O–H groups in total. The van der Waals surface area contributed by atoms with Gasteiger partial charge in [-0.3, -0.25) is 4.79 Å². The van der Waals surface area contributed by atoms with E-state index >= 15 is 0 Å². The van der Waals surface area contributed by atoms with Crippen LogP contribution in [0.4, 0.5) is 10.5 Å². The Labute approximate surface area is 198 Å². The number of urea groups is 1. The average Bonchev–Trinajstić information content (AvgIpc) is 2.82. The predicted molar refractivity (Wildman–Crippen MR) is 127 cm³/mol. The first kappa shape index (κ1) is 28.0. The highest BCUT2D eigenvalue weighted by atomic mass is 16.5. The SMILES string of the molecule is C=CCOC(=O)CC[C@H](NC(=O)N[C@@H](Cc1ccc(N)cc1)C(=O)OCC=C)C(=O)OCC=C. The van der Waals surface area contributed by atoms with Gasteiger partial charge in [-0.15, -0.1) is 0 Å². The summed E-state index contributed by atoms with van der Waals surface area (Å²) in [4.78, 5) is 49.3. The quantitative estimate of drug-likeness (QED) is 0.151. The van der Waals surface area contributed by atoms with Crippen LogP contribution in [0, 0.1) is 0 Å². The fourth-order valence-electron chi connectivity index (χ4n) is 2.66. The largest absolute Gasteiger partial charge is 0.461 e. The van der Waals surface area contributed by atoms with E-state index in [0.29, 0.717) is 5.69 Å². The summed E-state index contributed by atoms with van der Waals surface area (Å²) in [5, 5.41) is 4.94. The van der Waals surface area contributed by atoms with Crippen molar-refractivity contribution in [1.29, 1.82) is 0 Å². The van der Waals surface area contributed by atoms with Gasteiger partial charge >= 0.3 is 23.9 Å². The van der Waals surface area contributed by atoms with Crippen molar-refractivity contribution in [3.8, 4) is 0 Å². The molecule has 2 amide bonds. The molecule has 0 heterocycles. The van der Waals surface area contributed by atoms with Crippen molar-refractivity contribution >= 4 is 29.6 Å². The lowest BCUT2D eigenvalue weighted by Crippen LogP contribution is -2.52. The van der Waals surface area contributed by atoms with Gasteiger partial charge < -0.3 is 30.6 Å². The third-order valence-corrected chi connectivity index (χ3v) is 4.29. The van der Waals surface area contributed by atoms with E-state index in [0.717, 1.165) is 5.56 Å². The zero-order valence-corrected chi connectivity index (χ0v) is 19.0. The second-order valence-electron chi connectivity index (χ2n) is 7.02. The van der Waals surface area contributed by atoms with E-state index in [9.17, 15) is 19.2 Å². The lowest BCUT2D eigenvalue weighted by atomic mass is 10.1. The minimum atomic E-state index is -1.17. The smallest absolute Gasteiger partial charge is 0.329 e. The highest BCUT2D eigenvalue weighted by Gasteiger charge is 2.27. The Kier molecular flexibility index (Phi) is 12.9. The summed E-state index contributed by atoms with van der Waals surface area (Å²) in [5.41, 5.74) is 6.96. The molecule has 1 rings (SSSR count). The molecule has 0 aromatic heterocycles. The summed E-state index contributed by atoms with van der Waals surface area (Å²) in [6.45, 7) is 10.3. The van der Waals surface area contributed by atoms with Gasteiger partial charge in [0.2, 0.25) is 0 Å². The molecule has 0 unspecified atom stereocenters. The van der Waals surface area contributed by atoms with Crippen LogP contribution < -0.4 is 16.4 Å². The van der Waals surface area contributed by atoms with E-state index in [2.05, 4.69) is 30.4 Å². The fraction of sp³-hybridized carbons (Fsp3) is 0.333. The minimum Gasteiger partial charge on any atom is -0.461 e. The summed E-state index contributed by atoms with van der Waals surface area (Å²) in [6.07, 6.45) is 4.05. The third-order valence-electron chi connectivity index (χ3n) is 4.29. The Bertz CT molecular complexity index is 868. The molecule has 0 aliphatic rings. The molecule has 10 nitrogen and oxygen atoms in total. The number of rotatable bonds is 15. The summed E-state index contributed by atoms with van der Waals surface area (Å²) in [7, 11) is 0. The number of hydrogen-bond acceptors (Lipinski definition) is 8. The van der Waals surface area contributed by atoms with Gasteiger partial charge in [0.1, 0.15) is 31.9 Å². The number of nitrogens with two attached hydrogens (primary N) is 1. The van der Waals surface area contributed by atoms with E-state index in [4.69, 9.17) is 19.9 Å². The predicted octanol–water partition coefficient (Wildman–Crippen LogP) is 1.82. The molecule has 0 radical (unpaired) electrons. The van der Waals surface area contributed by atoms with E-state index in [1.165, 1.54) is 18.2 Å². The van der Waals surface area contributed by atoms with Gasteiger partial charge in [0.25, 0.3) is 0 Å². The topological polar surface area (TPSA) is 146 Å². The van der Waals surface area contributed by atoms with Crippen molar-refractivity contribution < 1.29 is 33.4 Å².